The van der Waals surface area contributed by atoms with Gasteiger partial charge >= 0.3 is 0 Å². The molecule has 3 rings (SSSR count). The smallest absolute Gasteiger partial charge is 0.0926 e. The third-order valence-electron chi connectivity index (χ3n) is 3.02. The highest BCUT2D eigenvalue weighted by molar-refractivity contribution is 5.80. The first kappa shape index (κ1) is 8.04. The second-order valence-electron chi connectivity index (χ2n) is 4.34. The van der Waals surface area contributed by atoms with Crippen molar-refractivity contribution >= 4 is 10.9 Å². The molecule has 2 heteroatoms. The van der Waals surface area contributed by atoms with Gasteiger partial charge in [-0.1, -0.05) is 0 Å². The van der Waals surface area contributed by atoms with E-state index in [4.69, 9.17) is 0 Å². The minimum absolute atomic E-state index is 0.821. The monoisotopic (exact) mass is 186 g/mol. The molecule has 0 radical (unpaired) electrons. The molecule has 14 heavy (non-hydrogen) atoms. The number of nitrogens with zero attached hydrogens (tertiary/aromatic N) is 2. The molecule has 0 unspecified atom stereocenters. The summed E-state index contributed by atoms with van der Waals surface area (Å²) >= 11 is 0. The van der Waals surface area contributed by atoms with Gasteiger partial charge in [0.1, 0.15) is 0 Å². The quantitative estimate of drug-likeness (QED) is 0.669. The second kappa shape index (κ2) is 2.59. The van der Waals surface area contributed by atoms with Crippen molar-refractivity contribution < 1.29 is 0 Å². The number of aromatic nitrogens is 2. The van der Waals surface area contributed by atoms with Gasteiger partial charge in [0.05, 0.1) is 5.52 Å². The molecule has 0 saturated heterocycles. The fraction of sp³-hybridized carbons (Fsp3) is 0.417. The van der Waals surface area contributed by atoms with Crippen molar-refractivity contribution in [2.45, 2.75) is 25.7 Å². The van der Waals surface area contributed by atoms with Crippen molar-refractivity contribution in [1.82, 2.24) is 9.78 Å². The third kappa shape index (κ3) is 1.14. The van der Waals surface area contributed by atoms with Crippen molar-refractivity contribution in [3.8, 4) is 0 Å². The molecule has 2 aromatic rings. The zero-order valence-electron chi connectivity index (χ0n) is 8.62. The molecule has 0 atom stereocenters. The summed E-state index contributed by atoms with van der Waals surface area (Å²) in [5.41, 5.74) is 4.07. The molecule has 2 nitrogen and oxygen atoms in total. The van der Waals surface area contributed by atoms with E-state index in [1.165, 1.54) is 29.4 Å². The van der Waals surface area contributed by atoms with E-state index in [-0.39, 0.29) is 0 Å². The van der Waals surface area contributed by atoms with Crippen molar-refractivity contribution in [3.05, 3.63) is 29.5 Å². The summed E-state index contributed by atoms with van der Waals surface area (Å²) in [4.78, 5) is 0. The number of hydrogen-bond acceptors (Lipinski definition) is 1. The summed E-state index contributed by atoms with van der Waals surface area (Å²) in [6.07, 6.45) is 4.80. The van der Waals surface area contributed by atoms with Crippen LogP contribution in [0.4, 0.5) is 0 Å². The van der Waals surface area contributed by atoms with Crippen LogP contribution in [0.1, 0.15) is 29.9 Å². The first-order chi connectivity index (χ1) is 6.74. The van der Waals surface area contributed by atoms with Gasteiger partial charge in [-0.2, -0.15) is 5.10 Å². The minimum atomic E-state index is 0.821. The summed E-state index contributed by atoms with van der Waals surface area (Å²) < 4.78 is 1.89. The van der Waals surface area contributed by atoms with Crippen LogP contribution in [-0.2, 0) is 7.05 Å². The van der Waals surface area contributed by atoms with E-state index >= 15 is 0 Å². The highest BCUT2D eigenvalue weighted by atomic mass is 15.2. The average Bonchev–Trinajstić information content (AvgIpc) is 2.88. The van der Waals surface area contributed by atoms with E-state index in [2.05, 4.69) is 30.4 Å². The molecule has 1 heterocycles. The molecule has 1 aromatic heterocycles. The van der Waals surface area contributed by atoms with E-state index in [9.17, 15) is 0 Å². The normalized spacial score (nSPS) is 16.4. The fourth-order valence-electron chi connectivity index (χ4n) is 2.16. The van der Waals surface area contributed by atoms with E-state index in [1.54, 1.807) is 0 Å². The Labute approximate surface area is 83.5 Å². The van der Waals surface area contributed by atoms with Crippen molar-refractivity contribution in [1.29, 1.82) is 0 Å². The van der Waals surface area contributed by atoms with Gasteiger partial charge in [-0.05, 0) is 48.9 Å². The molecule has 1 aromatic carbocycles. The third-order valence-corrected chi connectivity index (χ3v) is 3.02. The molecular weight excluding hydrogens is 172 g/mol. The fourth-order valence-corrected chi connectivity index (χ4v) is 2.16. The van der Waals surface area contributed by atoms with Crippen molar-refractivity contribution in [2.24, 2.45) is 7.05 Å². The maximum Gasteiger partial charge on any atom is 0.0926 e. The highest BCUT2D eigenvalue weighted by Crippen LogP contribution is 2.42. The van der Waals surface area contributed by atoms with Crippen LogP contribution in [0.5, 0.6) is 0 Å². The van der Waals surface area contributed by atoms with Gasteiger partial charge in [0, 0.05) is 18.6 Å². The van der Waals surface area contributed by atoms with Crippen LogP contribution in [0.3, 0.4) is 0 Å². The van der Waals surface area contributed by atoms with Gasteiger partial charge in [0.15, 0.2) is 0 Å². The van der Waals surface area contributed by atoms with E-state index in [0.717, 1.165) is 11.4 Å². The summed E-state index contributed by atoms with van der Waals surface area (Å²) in [6.45, 7) is 2.21. The maximum absolute atomic E-state index is 4.44. The van der Waals surface area contributed by atoms with E-state index in [1.807, 2.05) is 11.7 Å². The van der Waals surface area contributed by atoms with Crippen LogP contribution in [0, 0.1) is 6.92 Å². The molecule has 1 fully saturated rings. The van der Waals surface area contributed by atoms with Crippen LogP contribution >= 0.6 is 0 Å². The van der Waals surface area contributed by atoms with Gasteiger partial charge in [0.25, 0.3) is 0 Å². The van der Waals surface area contributed by atoms with Gasteiger partial charge in [-0.3, -0.25) is 4.68 Å². The van der Waals surface area contributed by atoms with Crippen LogP contribution in [0.25, 0.3) is 10.9 Å². The Balaban J connectivity index is 2.25. The Hall–Kier alpha value is -1.31. The molecular formula is C12H14N2. The number of fused-ring (bicyclic) bond motifs is 1. The number of rotatable bonds is 1. The van der Waals surface area contributed by atoms with Gasteiger partial charge in [0.2, 0.25) is 0 Å². The van der Waals surface area contributed by atoms with Crippen LogP contribution < -0.4 is 0 Å². The second-order valence-corrected chi connectivity index (χ2v) is 4.34. The predicted molar refractivity (Wildman–Crippen MR) is 57.4 cm³/mol. The lowest BCUT2D eigenvalue weighted by Crippen LogP contribution is -1.87. The maximum atomic E-state index is 4.44. The molecule has 1 aliphatic carbocycles. The average molecular weight is 186 g/mol. The predicted octanol–water partition coefficient (Wildman–Crippen LogP) is 2.76. The van der Waals surface area contributed by atoms with Crippen LogP contribution in [-0.4, -0.2) is 9.78 Å². The Morgan fingerprint density at radius 1 is 1.36 bits per heavy atom. The highest BCUT2D eigenvalue weighted by Gasteiger charge is 2.25. The molecule has 1 saturated carbocycles. The number of aryl methyl sites for hydroxylation is 2. The van der Waals surface area contributed by atoms with Gasteiger partial charge in [-0.15, -0.1) is 0 Å². The van der Waals surface area contributed by atoms with Crippen molar-refractivity contribution in [2.75, 3.05) is 0 Å². The summed E-state index contributed by atoms with van der Waals surface area (Å²) in [6, 6.07) is 4.53. The first-order valence-electron chi connectivity index (χ1n) is 5.18. The summed E-state index contributed by atoms with van der Waals surface area (Å²) in [7, 11) is 1.98. The Kier molecular flexibility index (Phi) is 1.49. The molecule has 1 aliphatic rings. The number of benzene rings is 1. The SMILES string of the molecule is Cc1cc2cn(C)nc2cc1C1CC1. The molecule has 0 bridgehead atoms. The molecule has 0 aliphatic heterocycles. The summed E-state index contributed by atoms with van der Waals surface area (Å²) in [5.74, 6) is 0.821. The van der Waals surface area contributed by atoms with Gasteiger partial charge < -0.3 is 0 Å². The lowest BCUT2D eigenvalue weighted by molar-refractivity contribution is 0.779. The zero-order valence-corrected chi connectivity index (χ0v) is 8.62. The molecule has 0 spiro atoms. The zero-order chi connectivity index (χ0) is 9.71. The Morgan fingerprint density at radius 3 is 2.86 bits per heavy atom. The lowest BCUT2D eigenvalue weighted by atomic mass is 10.0. The van der Waals surface area contributed by atoms with Crippen LogP contribution in [0.15, 0.2) is 18.3 Å². The van der Waals surface area contributed by atoms with Crippen LogP contribution in [0.2, 0.25) is 0 Å². The Bertz CT molecular complexity index is 492. The summed E-state index contributed by atoms with van der Waals surface area (Å²) in [5, 5.41) is 5.70. The largest absolute Gasteiger partial charge is 0.275 e. The standard InChI is InChI=1S/C12H14N2/c1-8-5-10-7-14(2)13-12(10)6-11(8)9-3-4-9/h5-7,9H,3-4H2,1-2H3. The minimum Gasteiger partial charge on any atom is -0.275 e. The number of hydrogen-bond donors (Lipinski definition) is 0. The molecule has 0 amide bonds. The Morgan fingerprint density at radius 2 is 2.14 bits per heavy atom. The molecule has 72 valence electrons. The lowest BCUT2D eigenvalue weighted by Gasteiger charge is -2.02. The van der Waals surface area contributed by atoms with Crippen molar-refractivity contribution in [3.63, 3.8) is 0 Å². The van der Waals surface area contributed by atoms with Gasteiger partial charge in [-0.25, -0.2) is 0 Å². The van der Waals surface area contributed by atoms with E-state index in [0.29, 0.717) is 0 Å². The molecule has 0 N–H and O–H groups in total. The first-order valence-corrected chi connectivity index (χ1v) is 5.18. The topological polar surface area (TPSA) is 17.8 Å². The van der Waals surface area contributed by atoms with E-state index < -0.39 is 0 Å².